The van der Waals surface area contributed by atoms with Gasteiger partial charge in [-0.1, -0.05) is 0 Å². The number of rotatable bonds is 5. The first-order valence-electron chi connectivity index (χ1n) is 6.99. The first kappa shape index (κ1) is 15.8. The van der Waals surface area contributed by atoms with E-state index in [1.807, 2.05) is 13.8 Å². The minimum Gasteiger partial charge on any atom is -0.478 e. The van der Waals surface area contributed by atoms with Crippen molar-refractivity contribution < 1.29 is 14.7 Å². The number of nitrogens with zero attached hydrogens (tertiary/aromatic N) is 1. The smallest absolute Gasteiger partial charge is 0.335 e. The fourth-order valence-corrected chi connectivity index (χ4v) is 2.39. The van der Waals surface area contributed by atoms with Gasteiger partial charge in [-0.05, 0) is 66.7 Å². The van der Waals surface area contributed by atoms with Gasteiger partial charge in [-0.3, -0.25) is 0 Å². The summed E-state index contributed by atoms with van der Waals surface area (Å²) in [5.41, 5.74) is 0.619. The van der Waals surface area contributed by atoms with E-state index in [2.05, 4.69) is 21.2 Å². The van der Waals surface area contributed by atoms with E-state index >= 15 is 0 Å². The number of carbonyl (C=O) groups is 2. The Labute approximate surface area is 132 Å². The molecule has 21 heavy (non-hydrogen) atoms. The maximum atomic E-state index is 12.4. The predicted octanol–water partition coefficient (Wildman–Crippen LogP) is 3.80. The van der Waals surface area contributed by atoms with E-state index in [4.69, 9.17) is 5.11 Å². The number of anilines is 1. The molecule has 114 valence electrons. The molecule has 6 heteroatoms. The fourth-order valence-electron chi connectivity index (χ4n) is 2.05. The van der Waals surface area contributed by atoms with Gasteiger partial charge in [0, 0.05) is 17.1 Å². The third kappa shape index (κ3) is 4.20. The van der Waals surface area contributed by atoms with E-state index in [1.165, 1.54) is 25.0 Å². The summed E-state index contributed by atoms with van der Waals surface area (Å²) in [6, 6.07) is 4.48. The molecule has 0 aliphatic heterocycles. The molecule has 0 aromatic heterocycles. The molecule has 2 amide bonds. The average molecular weight is 355 g/mol. The van der Waals surface area contributed by atoms with Gasteiger partial charge in [0.1, 0.15) is 0 Å². The molecule has 0 atom stereocenters. The molecule has 2 N–H and O–H groups in total. The molecule has 1 fully saturated rings. The zero-order chi connectivity index (χ0) is 15.6. The standard InChI is InChI=1S/C15H19BrN2O3/c1-9(2)18(8-10-3-4-10)15(21)17-13-7-11(14(19)20)5-6-12(13)16/h5-7,9-10H,3-4,8H2,1-2H3,(H,17,21)(H,19,20). The zero-order valence-corrected chi connectivity index (χ0v) is 13.7. The van der Waals surface area contributed by atoms with Crippen LogP contribution in [0.3, 0.4) is 0 Å². The molecule has 2 rings (SSSR count). The number of amides is 2. The van der Waals surface area contributed by atoms with E-state index in [-0.39, 0.29) is 17.6 Å². The van der Waals surface area contributed by atoms with Gasteiger partial charge in [-0.2, -0.15) is 0 Å². The van der Waals surface area contributed by atoms with Crippen molar-refractivity contribution in [2.75, 3.05) is 11.9 Å². The molecule has 1 aromatic rings. The van der Waals surface area contributed by atoms with Gasteiger partial charge >= 0.3 is 12.0 Å². The van der Waals surface area contributed by atoms with E-state index in [9.17, 15) is 9.59 Å². The SMILES string of the molecule is CC(C)N(CC1CC1)C(=O)Nc1cc(C(=O)O)ccc1Br. The number of carboxylic acids is 1. The van der Waals surface area contributed by atoms with Gasteiger partial charge in [-0.25, -0.2) is 9.59 Å². The molecule has 1 aromatic carbocycles. The predicted molar refractivity (Wildman–Crippen MR) is 84.7 cm³/mol. The van der Waals surface area contributed by atoms with Crippen molar-refractivity contribution in [2.45, 2.75) is 32.7 Å². The monoisotopic (exact) mass is 354 g/mol. The maximum absolute atomic E-state index is 12.4. The Hall–Kier alpha value is -1.56. The lowest BCUT2D eigenvalue weighted by molar-refractivity contribution is 0.0697. The van der Waals surface area contributed by atoms with Crippen LogP contribution in [0.5, 0.6) is 0 Å². The van der Waals surface area contributed by atoms with Gasteiger partial charge in [0.25, 0.3) is 0 Å². The first-order valence-corrected chi connectivity index (χ1v) is 7.78. The van der Waals surface area contributed by atoms with Gasteiger partial charge in [0.15, 0.2) is 0 Å². The highest BCUT2D eigenvalue weighted by molar-refractivity contribution is 9.10. The second-order valence-corrected chi connectivity index (χ2v) is 6.47. The summed E-state index contributed by atoms with van der Waals surface area (Å²) in [6.45, 7) is 4.70. The molecule has 5 nitrogen and oxygen atoms in total. The lowest BCUT2D eigenvalue weighted by Gasteiger charge is -2.27. The van der Waals surface area contributed by atoms with Crippen molar-refractivity contribution in [3.63, 3.8) is 0 Å². The van der Waals surface area contributed by atoms with Crippen LogP contribution in [-0.4, -0.2) is 34.6 Å². The van der Waals surface area contributed by atoms with Crippen molar-refractivity contribution in [2.24, 2.45) is 5.92 Å². The number of urea groups is 1. The Balaban J connectivity index is 2.13. The van der Waals surface area contributed by atoms with Gasteiger partial charge < -0.3 is 15.3 Å². The highest BCUT2D eigenvalue weighted by Crippen LogP contribution is 2.31. The van der Waals surface area contributed by atoms with Crippen LogP contribution in [0.4, 0.5) is 10.5 Å². The van der Waals surface area contributed by atoms with E-state index in [1.54, 1.807) is 11.0 Å². The van der Waals surface area contributed by atoms with Crippen LogP contribution in [0.1, 0.15) is 37.0 Å². The van der Waals surface area contributed by atoms with Gasteiger partial charge in [0.2, 0.25) is 0 Å². The van der Waals surface area contributed by atoms with Crippen molar-refractivity contribution >= 4 is 33.6 Å². The Morgan fingerprint density at radius 2 is 2.10 bits per heavy atom. The molecule has 1 aliphatic rings. The molecule has 1 aliphatic carbocycles. The van der Waals surface area contributed by atoms with E-state index < -0.39 is 5.97 Å². The van der Waals surface area contributed by atoms with Crippen LogP contribution >= 0.6 is 15.9 Å². The lowest BCUT2D eigenvalue weighted by atomic mass is 10.2. The lowest BCUT2D eigenvalue weighted by Crippen LogP contribution is -2.41. The van der Waals surface area contributed by atoms with Crippen LogP contribution in [-0.2, 0) is 0 Å². The second-order valence-electron chi connectivity index (χ2n) is 5.62. The summed E-state index contributed by atoms with van der Waals surface area (Å²) < 4.78 is 0.663. The van der Waals surface area contributed by atoms with Gasteiger partial charge in [-0.15, -0.1) is 0 Å². The first-order chi connectivity index (χ1) is 9.88. The van der Waals surface area contributed by atoms with E-state index in [0.717, 1.165) is 6.54 Å². The molecule has 0 radical (unpaired) electrons. The molecular weight excluding hydrogens is 336 g/mol. The highest BCUT2D eigenvalue weighted by Gasteiger charge is 2.28. The topological polar surface area (TPSA) is 69.6 Å². The molecule has 0 heterocycles. The molecule has 1 saturated carbocycles. The van der Waals surface area contributed by atoms with Crippen LogP contribution in [0.2, 0.25) is 0 Å². The number of benzene rings is 1. The number of hydrogen-bond donors (Lipinski definition) is 2. The summed E-state index contributed by atoms with van der Waals surface area (Å²) in [6.07, 6.45) is 2.35. The molecule has 0 saturated heterocycles. The molecule has 0 spiro atoms. The van der Waals surface area contributed by atoms with Crippen molar-refractivity contribution in [1.29, 1.82) is 0 Å². The molecule has 0 unspecified atom stereocenters. The Kier molecular flexibility index (Phi) is 4.88. The number of halogens is 1. The van der Waals surface area contributed by atoms with E-state index in [0.29, 0.717) is 16.1 Å². The Morgan fingerprint density at radius 3 is 2.62 bits per heavy atom. The summed E-state index contributed by atoms with van der Waals surface area (Å²) in [7, 11) is 0. The summed E-state index contributed by atoms with van der Waals surface area (Å²) >= 11 is 3.33. The van der Waals surface area contributed by atoms with Crippen LogP contribution in [0.15, 0.2) is 22.7 Å². The van der Waals surface area contributed by atoms with Crippen LogP contribution in [0.25, 0.3) is 0 Å². The minimum absolute atomic E-state index is 0.104. The number of carboxylic acid groups (broad SMARTS) is 1. The number of aromatic carboxylic acids is 1. The minimum atomic E-state index is -1.02. The Morgan fingerprint density at radius 1 is 1.43 bits per heavy atom. The largest absolute Gasteiger partial charge is 0.478 e. The van der Waals surface area contributed by atoms with Crippen LogP contribution in [0, 0.1) is 5.92 Å². The van der Waals surface area contributed by atoms with Crippen molar-refractivity contribution in [3.8, 4) is 0 Å². The van der Waals surface area contributed by atoms with Gasteiger partial charge in [0.05, 0.1) is 11.3 Å². The zero-order valence-electron chi connectivity index (χ0n) is 12.1. The Bertz CT molecular complexity index is 556. The third-order valence-corrected chi connectivity index (χ3v) is 4.18. The normalized spacial score (nSPS) is 14.1. The highest BCUT2D eigenvalue weighted by atomic mass is 79.9. The molecule has 0 bridgehead atoms. The summed E-state index contributed by atoms with van der Waals surface area (Å²) in [4.78, 5) is 25.2. The maximum Gasteiger partial charge on any atom is 0.335 e. The van der Waals surface area contributed by atoms with Crippen LogP contribution < -0.4 is 5.32 Å². The fraction of sp³-hybridized carbons (Fsp3) is 0.467. The van der Waals surface area contributed by atoms with Crippen molar-refractivity contribution in [3.05, 3.63) is 28.2 Å². The third-order valence-electron chi connectivity index (χ3n) is 3.49. The van der Waals surface area contributed by atoms with Crippen molar-refractivity contribution in [1.82, 2.24) is 4.90 Å². The quantitative estimate of drug-likeness (QED) is 0.844. The molecular formula is C15H19BrN2O3. The summed E-state index contributed by atoms with van der Waals surface area (Å²) in [5, 5.41) is 11.8. The number of carbonyl (C=O) groups excluding carboxylic acids is 1. The number of hydrogen-bond acceptors (Lipinski definition) is 2. The number of nitrogens with one attached hydrogen (secondary N) is 1. The summed E-state index contributed by atoms with van der Waals surface area (Å²) in [5.74, 6) is -0.413. The average Bonchev–Trinajstić information content (AvgIpc) is 3.21. The second kappa shape index (κ2) is 6.47.